The lowest BCUT2D eigenvalue weighted by Gasteiger charge is -2.17. The Kier molecular flexibility index (Phi) is 6.50. The van der Waals surface area contributed by atoms with Crippen molar-refractivity contribution in [3.8, 4) is 5.75 Å². The van der Waals surface area contributed by atoms with Gasteiger partial charge in [-0.2, -0.15) is 0 Å². The quantitative estimate of drug-likeness (QED) is 0.687. The molecule has 0 aromatic heterocycles. The largest absolute Gasteiger partial charge is 0.508 e. The summed E-state index contributed by atoms with van der Waals surface area (Å²) < 4.78 is 5.25. The van der Waals surface area contributed by atoms with E-state index in [-0.39, 0.29) is 12.2 Å². The third-order valence-corrected chi connectivity index (χ3v) is 3.38. The predicted octanol–water partition coefficient (Wildman–Crippen LogP) is 3.03. The number of amides is 2. The molecule has 0 aliphatic heterocycles. The summed E-state index contributed by atoms with van der Waals surface area (Å²) >= 11 is 0. The van der Waals surface area contributed by atoms with Crippen LogP contribution >= 0.6 is 0 Å². The molecule has 0 radical (unpaired) electrons. The molecule has 0 bridgehead atoms. The molecule has 0 heterocycles. The van der Waals surface area contributed by atoms with E-state index < -0.39 is 24.1 Å². The second-order valence-electron chi connectivity index (χ2n) is 5.28. The number of rotatable bonds is 6. The summed E-state index contributed by atoms with van der Waals surface area (Å²) in [5.41, 5.74) is 0.844. The van der Waals surface area contributed by atoms with E-state index in [0.717, 1.165) is 6.08 Å². The number of nitrogens with one attached hydrogen (secondary N) is 1. The first kappa shape index (κ1) is 18.7. The molecule has 0 saturated heterocycles. The second kappa shape index (κ2) is 9.03. The van der Waals surface area contributed by atoms with Crippen LogP contribution in [-0.4, -0.2) is 28.2 Å². The fraction of sp³-hybridized carbons (Fsp3) is 0.105. The Morgan fingerprint density at radius 3 is 2.31 bits per heavy atom. The number of benzene rings is 2. The van der Waals surface area contributed by atoms with Crippen molar-refractivity contribution in [2.24, 2.45) is 0 Å². The predicted molar refractivity (Wildman–Crippen MR) is 92.6 cm³/mol. The van der Waals surface area contributed by atoms with Crippen LogP contribution in [0.2, 0.25) is 0 Å². The number of hydrogen-bond donors (Lipinski definition) is 3. The van der Waals surface area contributed by atoms with Gasteiger partial charge in [-0.15, -0.1) is 0 Å². The summed E-state index contributed by atoms with van der Waals surface area (Å²) in [4.78, 5) is 34.6. The number of phenols is 1. The highest BCUT2D eigenvalue weighted by atomic mass is 16.6. The first-order valence-electron chi connectivity index (χ1n) is 7.71. The number of carbonyl (C=O) groups excluding carboxylic acids is 2. The molecule has 2 amide bonds. The molecule has 2 aromatic carbocycles. The van der Waals surface area contributed by atoms with Crippen molar-refractivity contribution < 1.29 is 29.3 Å². The first-order valence-corrected chi connectivity index (χ1v) is 7.71. The number of alkyl carbamates (subject to hydrolysis) is 1. The van der Waals surface area contributed by atoms with Crippen molar-refractivity contribution in [3.63, 3.8) is 0 Å². The van der Waals surface area contributed by atoms with E-state index in [1.807, 2.05) is 0 Å². The van der Waals surface area contributed by atoms with Crippen LogP contribution in [0.1, 0.15) is 28.4 Å². The fourth-order valence-corrected chi connectivity index (χ4v) is 2.15. The topological polar surface area (TPSA) is 113 Å². The molecule has 2 rings (SSSR count). The summed E-state index contributed by atoms with van der Waals surface area (Å²) in [7, 11) is 0. The van der Waals surface area contributed by atoms with Crippen molar-refractivity contribution >= 4 is 18.0 Å². The molecular formula is C19H17NO6. The fourth-order valence-electron chi connectivity index (χ4n) is 2.15. The van der Waals surface area contributed by atoms with Gasteiger partial charge in [0.1, 0.15) is 11.9 Å². The van der Waals surface area contributed by atoms with E-state index in [4.69, 9.17) is 9.84 Å². The maximum Gasteiger partial charge on any atom is 0.414 e. The molecule has 134 valence electrons. The zero-order chi connectivity index (χ0) is 18.9. The van der Waals surface area contributed by atoms with Crippen LogP contribution in [-0.2, 0) is 9.53 Å². The lowest BCUT2D eigenvalue weighted by Crippen LogP contribution is -2.32. The number of hydrogen-bond acceptors (Lipinski definition) is 5. The zero-order valence-electron chi connectivity index (χ0n) is 13.7. The van der Waals surface area contributed by atoms with Crippen LogP contribution in [0.25, 0.3) is 0 Å². The molecule has 0 aliphatic rings. The number of aliphatic carboxylic acids is 1. The van der Waals surface area contributed by atoms with Gasteiger partial charge in [0.25, 0.3) is 5.91 Å². The van der Waals surface area contributed by atoms with Crippen molar-refractivity contribution in [3.05, 3.63) is 77.9 Å². The molecule has 2 aromatic rings. The van der Waals surface area contributed by atoms with Gasteiger partial charge in [-0.25, -0.2) is 9.59 Å². The van der Waals surface area contributed by atoms with Crippen LogP contribution in [0.5, 0.6) is 5.75 Å². The standard InChI is InChI=1S/C19H17NO6/c21-15-11-9-13(10-12-15)16(7-4-8-17(22)23)26-19(25)20-18(24)14-5-2-1-3-6-14/h1-6,8-12,16,21H,7H2,(H,22,23)(H,20,24,25)/b8-4+/t16-/m1/s1. The minimum absolute atomic E-state index is 0.0392. The van der Waals surface area contributed by atoms with Gasteiger partial charge in [0.05, 0.1) is 0 Å². The number of carboxylic acids is 1. The Morgan fingerprint density at radius 2 is 1.69 bits per heavy atom. The van der Waals surface area contributed by atoms with Gasteiger partial charge in [0.15, 0.2) is 0 Å². The minimum atomic E-state index is -1.13. The van der Waals surface area contributed by atoms with Crippen LogP contribution in [0.3, 0.4) is 0 Å². The van der Waals surface area contributed by atoms with Gasteiger partial charge in [0.2, 0.25) is 0 Å². The molecule has 0 saturated carbocycles. The highest BCUT2D eigenvalue weighted by Gasteiger charge is 2.18. The molecule has 7 heteroatoms. The van der Waals surface area contributed by atoms with Gasteiger partial charge < -0.3 is 14.9 Å². The van der Waals surface area contributed by atoms with E-state index in [0.29, 0.717) is 11.1 Å². The highest BCUT2D eigenvalue weighted by molar-refractivity contribution is 6.02. The normalized spacial score (nSPS) is 11.7. The summed E-state index contributed by atoms with van der Waals surface area (Å²) in [6.45, 7) is 0. The number of imide groups is 1. The van der Waals surface area contributed by atoms with E-state index in [2.05, 4.69) is 5.32 Å². The average molecular weight is 355 g/mol. The number of carboxylic acid groups (broad SMARTS) is 1. The van der Waals surface area contributed by atoms with Crippen molar-refractivity contribution in [1.29, 1.82) is 0 Å². The number of phenolic OH excluding ortho intramolecular Hbond substituents is 1. The Labute approximate surface area is 149 Å². The van der Waals surface area contributed by atoms with Crippen molar-refractivity contribution in [2.45, 2.75) is 12.5 Å². The number of carbonyl (C=O) groups is 3. The summed E-state index contributed by atoms with van der Waals surface area (Å²) in [5, 5.41) is 20.2. The summed E-state index contributed by atoms with van der Waals surface area (Å²) in [5.74, 6) is -1.70. The summed E-state index contributed by atoms with van der Waals surface area (Å²) in [6, 6.07) is 14.1. The zero-order valence-corrected chi connectivity index (χ0v) is 13.7. The highest BCUT2D eigenvalue weighted by Crippen LogP contribution is 2.24. The van der Waals surface area contributed by atoms with Crippen molar-refractivity contribution in [2.75, 3.05) is 0 Å². The summed E-state index contributed by atoms with van der Waals surface area (Å²) in [6.07, 6.45) is 0.579. The monoisotopic (exact) mass is 355 g/mol. The van der Waals surface area contributed by atoms with Crippen LogP contribution in [0.4, 0.5) is 4.79 Å². The number of aromatic hydroxyl groups is 1. The maximum atomic E-state index is 12.0. The third-order valence-electron chi connectivity index (χ3n) is 3.38. The average Bonchev–Trinajstić information content (AvgIpc) is 2.62. The molecule has 26 heavy (non-hydrogen) atoms. The van der Waals surface area contributed by atoms with Gasteiger partial charge in [0, 0.05) is 18.1 Å². The maximum absolute atomic E-state index is 12.0. The second-order valence-corrected chi connectivity index (χ2v) is 5.28. The Hall–Kier alpha value is -3.61. The van der Waals surface area contributed by atoms with E-state index in [1.54, 1.807) is 42.5 Å². The Bertz CT molecular complexity index is 799. The SMILES string of the molecule is O=C(O)/C=C/C[C@@H](OC(=O)NC(=O)c1ccccc1)c1ccc(O)cc1. The molecule has 0 spiro atoms. The van der Waals surface area contributed by atoms with Crippen LogP contribution in [0, 0.1) is 0 Å². The first-order chi connectivity index (χ1) is 12.5. The van der Waals surface area contributed by atoms with E-state index >= 15 is 0 Å². The Morgan fingerprint density at radius 1 is 1.04 bits per heavy atom. The van der Waals surface area contributed by atoms with Crippen LogP contribution < -0.4 is 5.32 Å². The van der Waals surface area contributed by atoms with Crippen molar-refractivity contribution in [1.82, 2.24) is 5.32 Å². The van der Waals surface area contributed by atoms with Crippen LogP contribution in [0.15, 0.2) is 66.7 Å². The molecule has 1 atom stereocenters. The molecule has 0 unspecified atom stereocenters. The number of ether oxygens (including phenoxy) is 1. The molecule has 3 N–H and O–H groups in total. The van der Waals surface area contributed by atoms with Gasteiger partial charge in [-0.1, -0.05) is 36.4 Å². The molecule has 0 aliphatic carbocycles. The smallest absolute Gasteiger partial charge is 0.414 e. The van der Waals surface area contributed by atoms with E-state index in [9.17, 15) is 19.5 Å². The van der Waals surface area contributed by atoms with Gasteiger partial charge >= 0.3 is 12.1 Å². The minimum Gasteiger partial charge on any atom is -0.508 e. The Balaban J connectivity index is 2.07. The third kappa shape index (κ3) is 5.79. The van der Waals surface area contributed by atoms with Gasteiger partial charge in [-0.3, -0.25) is 10.1 Å². The lowest BCUT2D eigenvalue weighted by atomic mass is 10.1. The molecule has 7 nitrogen and oxygen atoms in total. The molecular weight excluding hydrogens is 338 g/mol. The molecule has 0 fully saturated rings. The van der Waals surface area contributed by atoms with E-state index in [1.165, 1.54) is 18.2 Å². The lowest BCUT2D eigenvalue weighted by molar-refractivity contribution is -0.131. The van der Waals surface area contributed by atoms with Gasteiger partial charge in [-0.05, 0) is 29.8 Å².